The molecule has 0 saturated carbocycles. The molecule has 2 aromatic carbocycles. The maximum absolute atomic E-state index is 12.5. The van der Waals surface area contributed by atoms with Crippen molar-refractivity contribution < 1.29 is 9.53 Å². The Bertz CT molecular complexity index is 653. The number of carbonyl (C=O) groups excluding carboxylic acids is 1. The van der Waals surface area contributed by atoms with Gasteiger partial charge in [-0.2, -0.15) is 0 Å². The first-order chi connectivity index (χ1) is 11.7. The maximum Gasteiger partial charge on any atom is 0.263 e. The lowest BCUT2D eigenvalue weighted by molar-refractivity contribution is -0.137. The smallest absolute Gasteiger partial charge is 0.263 e. The molecule has 0 spiro atoms. The second-order valence-electron chi connectivity index (χ2n) is 6.08. The summed E-state index contributed by atoms with van der Waals surface area (Å²) in [5, 5.41) is 3.31. The Kier molecular flexibility index (Phi) is 7.29. The van der Waals surface area contributed by atoms with Crippen LogP contribution in [-0.4, -0.2) is 43.1 Å². The number of nitrogens with zero attached hydrogens (tertiary/aromatic N) is 1. The summed E-state index contributed by atoms with van der Waals surface area (Å²) in [5.41, 5.74) is 2.31. The van der Waals surface area contributed by atoms with Gasteiger partial charge in [0.25, 0.3) is 5.91 Å². The summed E-state index contributed by atoms with van der Waals surface area (Å²) in [6.07, 6.45) is 0.523. The van der Waals surface area contributed by atoms with E-state index < -0.39 is 6.10 Å². The second-order valence-corrected chi connectivity index (χ2v) is 6.08. The highest BCUT2D eigenvalue weighted by Gasteiger charge is 2.22. The molecule has 1 saturated heterocycles. The molecule has 1 amide bonds. The normalized spacial score (nSPS) is 15.6. The van der Waals surface area contributed by atoms with Crippen molar-refractivity contribution in [2.75, 3.05) is 26.2 Å². The van der Waals surface area contributed by atoms with Crippen LogP contribution in [0, 0.1) is 0 Å². The first-order valence-corrected chi connectivity index (χ1v) is 8.56. The van der Waals surface area contributed by atoms with E-state index in [2.05, 4.69) is 17.4 Å². The predicted molar refractivity (Wildman–Crippen MR) is 103 cm³/mol. The molecule has 1 aliphatic heterocycles. The van der Waals surface area contributed by atoms with Crippen molar-refractivity contribution in [1.29, 1.82) is 0 Å². The standard InChI is InChI=1S/C20H24N2O2.ClH/c1-16(20(23)22-14-5-12-21-13-15-22)24-19-10-8-18(9-11-19)17-6-3-2-4-7-17;/h2-4,6-11,16,21H,5,12-15H2,1H3;1H. The molecule has 4 nitrogen and oxygen atoms in total. The van der Waals surface area contributed by atoms with Crippen molar-refractivity contribution in [3.63, 3.8) is 0 Å². The van der Waals surface area contributed by atoms with E-state index >= 15 is 0 Å². The molecule has 1 atom stereocenters. The molecule has 0 aromatic heterocycles. The molecule has 1 heterocycles. The van der Waals surface area contributed by atoms with E-state index in [1.54, 1.807) is 0 Å². The molecule has 0 aliphatic carbocycles. The number of hydrogen-bond donors (Lipinski definition) is 1. The molecular weight excluding hydrogens is 336 g/mol. The van der Waals surface area contributed by atoms with Crippen molar-refractivity contribution in [3.8, 4) is 16.9 Å². The van der Waals surface area contributed by atoms with Gasteiger partial charge in [-0.05, 0) is 43.1 Å². The van der Waals surface area contributed by atoms with Gasteiger partial charge < -0.3 is 15.0 Å². The van der Waals surface area contributed by atoms with Gasteiger partial charge in [0.05, 0.1) is 0 Å². The van der Waals surface area contributed by atoms with E-state index in [0.29, 0.717) is 0 Å². The van der Waals surface area contributed by atoms with E-state index in [9.17, 15) is 4.79 Å². The highest BCUT2D eigenvalue weighted by Crippen LogP contribution is 2.22. The highest BCUT2D eigenvalue weighted by molar-refractivity contribution is 5.85. The quantitative estimate of drug-likeness (QED) is 0.909. The molecule has 1 unspecified atom stereocenters. The van der Waals surface area contributed by atoms with Crippen LogP contribution in [-0.2, 0) is 4.79 Å². The number of amides is 1. The fraction of sp³-hybridized carbons (Fsp3) is 0.350. The topological polar surface area (TPSA) is 41.6 Å². The number of hydrogen-bond acceptors (Lipinski definition) is 3. The van der Waals surface area contributed by atoms with Gasteiger partial charge in [-0.25, -0.2) is 0 Å². The molecule has 0 radical (unpaired) electrons. The Hall–Kier alpha value is -2.04. The number of halogens is 1. The third-order valence-corrected chi connectivity index (χ3v) is 4.27. The molecular formula is C20H25ClN2O2. The Morgan fingerprint density at radius 1 is 1.00 bits per heavy atom. The predicted octanol–water partition coefficient (Wildman–Crippen LogP) is 3.36. The lowest BCUT2D eigenvalue weighted by atomic mass is 10.1. The zero-order valence-corrected chi connectivity index (χ0v) is 15.3. The fourth-order valence-electron chi connectivity index (χ4n) is 2.93. The van der Waals surface area contributed by atoms with Gasteiger partial charge in [0.15, 0.2) is 6.10 Å². The molecule has 3 rings (SSSR count). The lowest BCUT2D eigenvalue weighted by Gasteiger charge is -2.24. The van der Waals surface area contributed by atoms with Crippen LogP contribution < -0.4 is 10.1 Å². The van der Waals surface area contributed by atoms with Crippen molar-refractivity contribution in [2.45, 2.75) is 19.4 Å². The number of benzene rings is 2. The van der Waals surface area contributed by atoms with Crippen molar-refractivity contribution in [3.05, 3.63) is 54.6 Å². The van der Waals surface area contributed by atoms with Crippen LogP contribution in [0.15, 0.2) is 54.6 Å². The Balaban J connectivity index is 0.00000225. The summed E-state index contributed by atoms with van der Waals surface area (Å²) in [6.45, 7) is 5.20. The summed E-state index contributed by atoms with van der Waals surface area (Å²) in [5.74, 6) is 0.786. The molecule has 1 fully saturated rings. The van der Waals surface area contributed by atoms with Crippen molar-refractivity contribution >= 4 is 18.3 Å². The van der Waals surface area contributed by atoms with Gasteiger partial charge in [0, 0.05) is 19.6 Å². The number of nitrogens with one attached hydrogen (secondary N) is 1. The second kappa shape index (κ2) is 9.44. The van der Waals surface area contributed by atoms with Gasteiger partial charge in [0.2, 0.25) is 0 Å². The molecule has 1 aliphatic rings. The van der Waals surface area contributed by atoms with Gasteiger partial charge in [0.1, 0.15) is 5.75 Å². The first-order valence-electron chi connectivity index (χ1n) is 8.56. The van der Waals surface area contributed by atoms with E-state index in [1.165, 1.54) is 5.56 Å². The zero-order valence-electron chi connectivity index (χ0n) is 14.5. The van der Waals surface area contributed by atoms with Crippen LogP contribution in [0.3, 0.4) is 0 Å². The summed E-state index contributed by atoms with van der Waals surface area (Å²) >= 11 is 0. The van der Waals surface area contributed by atoms with Crippen LogP contribution in [0.2, 0.25) is 0 Å². The third-order valence-electron chi connectivity index (χ3n) is 4.27. The lowest BCUT2D eigenvalue weighted by Crippen LogP contribution is -2.42. The highest BCUT2D eigenvalue weighted by atomic mass is 35.5. The fourth-order valence-corrected chi connectivity index (χ4v) is 2.93. The van der Waals surface area contributed by atoms with Crippen LogP contribution >= 0.6 is 12.4 Å². The summed E-state index contributed by atoms with van der Waals surface area (Å²) in [7, 11) is 0. The molecule has 134 valence electrons. The first kappa shape index (κ1) is 19.3. The maximum atomic E-state index is 12.5. The Morgan fingerprint density at radius 3 is 2.40 bits per heavy atom. The minimum atomic E-state index is -0.467. The van der Waals surface area contributed by atoms with Crippen LogP contribution in [0.1, 0.15) is 13.3 Å². The van der Waals surface area contributed by atoms with Gasteiger partial charge >= 0.3 is 0 Å². The molecule has 5 heteroatoms. The van der Waals surface area contributed by atoms with Gasteiger partial charge in [-0.15, -0.1) is 12.4 Å². The van der Waals surface area contributed by atoms with Crippen LogP contribution in [0.25, 0.3) is 11.1 Å². The minimum Gasteiger partial charge on any atom is -0.481 e. The summed E-state index contributed by atoms with van der Waals surface area (Å²) < 4.78 is 5.85. The van der Waals surface area contributed by atoms with E-state index in [0.717, 1.165) is 43.9 Å². The third kappa shape index (κ3) is 5.21. The minimum absolute atomic E-state index is 0. The average Bonchev–Trinajstić information content (AvgIpc) is 2.92. The number of carbonyl (C=O) groups is 1. The largest absolute Gasteiger partial charge is 0.481 e. The van der Waals surface area contributed by atoms with Crippen LogP contribution in [0.4, 0.5) is 0 Å². The van der Waals surface area contributed by atoms with E-state index in [-0.39, 0.29) is 18.3 Å². The molecule has 2 aromatic rings. The van der Waals surface area contributed by atoms with Crippen molar-refractivity contribution in [2.24, 2.45) is 0 Å². The molecule has 1 N–H and O–H groups in total. The number of rotatable bonds is 4. The molecule has 25 heavy (non-hydrogen) atoms. The summed E-state index contributed by atoms with van der Waals surface area (Å²) in [6, 6.07) is 18.1. The van der Waals surface area contributed by atoms with E-state index in [4.69, 9.17) is 4.74 Å². The monoisotopic (exact) mass is 360 g/mol. The SMILES string of the molecule is CC(Oc1ccc(-c2ccccc2)cc1)C(=O)N1CCCNCC1.Cl. The average molecular weight is 361 g/mol. The Morgan fingerprint density at radius 2 is 1.68 bits per heavy atom. The number of ether oxygens (including phenoxy) is 1. The summed E-state index contributed by atoms with van der Waals surface area (Å²) in [4.78, 5) is 14.4. The van der Waals surface area contributed by atoms with Gasteiger partial charge in [-0.3, -0.25) is 4.79 Å². The Labute approximate surface area is 155 Å². The van der Waals surface area contributed by atoms with Crippen molar-refractivity contribution in [1.82, 2.24) is 10.2 Å². The van der Waals surface area contributed by atoms with Gasteiger partial charge in [-0.1, -0.05) is 42.5 Å². The molecule has 0 bridgehead atoms. The zero-order chi connectivity index (χ0) is 16.8. The van der Waals surface area contributed by atoms with Crippen LogP contribution in [0.5, 0.6) is 5.75 Å². The van der Waals surface area contributed by atoms with E-state index in [1.807, 2.05) is 54.3 Å².